The van der Waals surface area contributed by atoms with Gasteiger partial charge in [0.2, 0.25) is 0 Å². The minimum absolute atomic E-state index is 0.0407. The van der Waals surface area contributed by atoms with Crippen LogP contribution < -0.4 is 10.1 Å². The molecule has 0 aliphatic rings. The second-order valence-corrected chi connectivity index (χ2v) is 7.73. The van der Waals surface area contributed by atoms with Crippen LogP contribution in [0.1, 0.15) is 24.2 Å². The number of ether oxygens (including phenoxy) is 1. The zero-order valence-electron chi connectivity index (χ0n) is 16.4. The molecule has 4 rings (SSSR count). The van der Waals surface area contributed by atoms with Gasteiger partial charge in [-0.1, -0.05) is 6.07 Å². The van der Waals surface area contributed by atoms with Gasteiger partial charge in [0.15, 0.2) is 5.82 Å². The summed E-state index contributed by atoms with van der Waals surface area (Å²) in [4.78, 5) is 17.8. The van der Waals surface area contributed by atoms with Gasteiger partial charge in [0, 0.05) is 11.3 Å². The third-order valence-corrected chi connectivity index (χ3v) is 5.01. The maximum Gasteiger partial charge on any atom is 0.336 e. The number of carbonyl (C=O) groups excluding carboxylic acids is 1. The molecule has 0 bridgehead atoms. The summed E-state index contributed by atoms with van der Waals surface area (Å²) in [5.41, 5.74) is 1.78. The average Bonchev–Trinajstić information content (AvgIpc) is 3.38. The average molecular weight is 422 g/mol. The van der Waals surface area contributed by atoms with Crippen LogP contribution in [-0.2, 0) is 0 Å². The number of anilines is 1. The fourth-order valence-electron chi connectivity index (χ4n) is 2.79. The van der Waals surface area contributed by atoms with E-state index in [-0.39, 0.29) is 17.8 Å². The van der Waals surface area contributed by atoms with Gasteiger partial charge in [0.05, 0.1) is 16.7 Å². The first kappa shape index (κ1) is 19.8. The number of hydrogen-bond donors (Lipinski definition) is 1. The summed E-state index contributed by atoms with van der Waals surface area (Å²) < 4.78 is 20.4. The minimum Gasteiger partial charge on any atom is -0.460 e. The molecule has 0 unspecified atom stereocenters. The molecule has 0 aliphatic heterocycles. The molecule has 0 atom stereocenters. The number of hydrogen-bond acceptors (Lipinski definition) is 5. The predicted molar refractivity (Wildman–Crippen MR) is 115 cm³/mol. The predicted octanol–water partition coefficient (Wildman–Crippen LogP) is 5.17. The van der Waals surface area contributed by atoms with Crippen LogP contribution in [0, 0.1) is 5.82 Å². The summed E-state index contributed by atoms with van der Waals surface area (Å²) in [7, 11) is 0. The molecule has 0 radical (unpaired) electrons. The molecule has 6 nitrogen and oxygen atoms in total. The van der Waals surface area contributed by atoms with Crippen molar-refractivity contribution in [3.8, 4) is 22.4 Å². The fraction of sp³-hybridized carbons (Fsp3) is 0.136. The molecule has 2 heterocycles. The lowest BCUT2D eigenvalue weighted by Crippen LogP contribution is -2.12. The Hall–Kier alpha value is -3.52. The standard InChI is InChI=1S/C22H19FN4O2S/c1-14(2)29-22-25-20(19-4-3-13-30-19)27(26-22)18-11-9-17(10-12-18)24-21(28)15-5-7-16(23)8-6-15/h3-14H,1-2H3,(H,24,28). The number of thiophene rings is 1. The fourth-order valence-corrected chi connectivity index (χ4v) is 3.49. The van der Waals surface area contributed by atoms with E-state index in [1.807, 2.05) is 43.5 Å². The highest BCUT2D eigenvalue weighted by Crippen LogP contribution is 2.28. The summed E-state index contributed by atoms with van der Waals surface area (Å²) >= 11 is 1.56. The monoisotopic (exact) mass is 422 g/mol. The third kappa shape index (κ3) is 4.38. The summed E-state index contributed by atoms with van der Waals surface area (Å²) in [6.45, 7) is 3.84. The van der Waals surface area contributed by atoms with Crippen molar-refractivity contribution < 1.29 is 13.9 Å². The molecule has 4 aromatic rings. The van der Waals surface area contributed by atoms with Crippen LogP contribution in [0.3, 0.4) is 0 Å². The molecule has 2 aromatic carbocycles. The van der Waals surface area contributed by atoms with E-state index in [0.717, 1.165) is 10.6 Å². The zero-order chi connectivity index (χ0) is 21.1. The highest BCUT2D eigenvalue weighted by molar-refractivity contribution is 7.13. The Kier molecular flexibility index (Phi) is 5.58. The van der Waals surface area contributed by atoms with E-state index >= 15 is 0 Å². The topological polar surface area (TPSA) is 69.0 Å². The van der Waals surface area contributed by atoms with Crippen LogP contribution >= 0.6 is 11.3 Å². The lowest BCUT2D eigenvalue weighted by atomic mass is 10.2. The van der Waals surface area contributed by atoms with Gasteiger partial charge in [0.25, 0.3) is 5.91 Å². The molecule has 30 heavy (non-hydrogen) atoms. The van der Waals surface area contributed by atoms with Crippen molar-refractivity contribution in [1.29, 1.82) is 0 Å². The van der Waals surface area contributed by atoms with Crippen LogP contribution in [0.4, 0.5) is 10.1 Å². The molecule has 0 spiro atoms. The lowest BCUT2D eigenvalue weighted by molar-refractivity contribution is 0.102. The van der Waals surface area contributed by atoms with E-state index in [2.05, 4.69) is 15.4 Å². The highest BCUT2D eigenvalue weighted by Gasteiger charge is 2.16. The molecule has 8 heteroatoms. The Morgan fingerprint density at radius 1 is 1.10 bits per heavy atom. The van der Waals surface area contributed by atoms with Gasteiger partial charge in [-0.2, -0.15) is 4.98 Å². The van der Waals surface area contributed by atoms with Crippen LogP contribution in [-0.4, -0.2) is 26.8 Å². The summed E-state index contributed by atoms with van der Waals surface area (Å²) in [5.74, 6) is -0.00903. The number of nitrogens with one attached hydrogen (secondary N) is 1. The number of aromatic nitrogens is 3. The van der Waals surface area contributed by atoms with Gasteiger partial charge in [0.1, 0.15) is 5.82 Å². The Morgan fingerprint density at radius 3 is 2.47 bits per heavy atom. The van der Waals surface area contributed by atoms with Crippen LogP contribution in [0.5, 0.6) is 6.01 Å². The van der Waals surface area contributed by atoms with Crippen molar-refractivity contribution in [1.82, 2.24) is 14.8 Å². The first-order valence-corrected chi connectivity index (χ1v) is 10.2. The molecule has 1 amide bonds. The Bertz CT molecular complexity index is 1140. The molecule has 0 saturated carbocycles. The Balaban J connectivity index is 1.58. The molecule has 2 aromatic heterocycles. The van der Waals surface area contributed by atoms with Crippen molar-refractivity contribution in [2.75, 3.05) is 5.32 Å². The first-order valence-electron chi connectivity index (χ1n) is 9.34. The maximum absolute atomic E-state index is 13.0. The molecule has 0 aliphatic carbocycles. The molecule has 0 fully saturated rings. The SMILES string of the molecule is CC(C)Oc1nc(-c2cccs2)n(-c2ccc(NC(=O)c3ccc(F)cc3)cc2)n1. The number of halogens is 1. The third-order valence-electron chi connectivity index (χ3n) is 4.15. The summed E-state index contributed by atoms with van der Waals surface area (Å²) in [6, 6.07) is 16.9. The van der Waals surface area contributed by atoms with E-state index in [9.17, 15) is 9.18 Å². The zero-order valence-corrected chi connectivity index (χ0v) is 17.2. The maximum atomic E-state index is 13.0. The summed E-state index contributed by atoms with van der Waals surface area (Å²) in [6.07, 6.45) is -0.0407. The van der Waals surface area contributed by atoms with Gasteiger partial charge in [-0.15, -0.1) is 16.4 Å². The second-order valence-electron chi connectivity index (χ2n) is 6.78. The van der Waals surface area contributed by atoms with Gasteiger partial charge in [-0.25, -0.2) is 9.07 Å². The Morgan fingerprint density at radius 2 is 1.83 bits per heavy atom. The summed E-state index contributed by atoms with van der Waals surface area (Å²) in [5, 5.41) is 9.27. The normalized spacial score (nSPS) is 10.9. The van der Waals surface area contributed by atoms with Crippen molar-refractivity contribution >= 4 is 22.9 Å². The van der Waals surface area contributed by atoms with E-state index in [0.29, 0.717) is 23.1 Å². The smallest absolute Gasteiger partial charge is 0.336 e. The molecular formula is C22H19FN4O2S. The van der Waals surface area contributed by atoms with Crippen molar-refractivity contribution in [3.63, 3.8) is 0 Å². The van der Waals surface area contributed by atoms with Crippen molar-refractivity contribution in [3.05, 3.63) is 77.4 Å². The van der Waals surface area contributed by atoms with Crippen molar-refractivity contribution in [2.45, 2.75) is 20.0 Å². The first-order chi connectivity index (χ1) is 14.5. The number of benzene rings is 2. The van der Waals surface area contributed by atoms with Crippen LogP contribution in [0.25, 0.3) is 16.4 Å². The number of rotatable bonds is 6. The van der Waals surface area contributed by atoms with E-state index in [1.165, 1.54) is 24.3 Å². The molecule has 1 N–H and O–H groups in total. The van der Waals surface area contributed by atoms with Crippen LogP contribution in [0.2, 0.25) is 0 Å². The lowest BCUT2D eigenvalue weighted by Gasteiger charge is -2.08. The quantitative estimate of drug-likeness (QED) is 0.465. The Labute approximate surface area is 177 Å². The van der Waals surface area contributed by atoms with Gasteiger partial charge in [-0.05, 0) is 73.8 Å². The van der Waals surface area contributed by atoms with E-state index < -0.39 is 0 Å². The molecule has 0 saturated heterocycles. The van der Waals surface area contributed by atoms with E-state index in [4.69, 9.17) is 4.74 Å². The second kappa shape index (κ2) is 8.46. The minimum atomic E-state index is -0.383. The largest absolute Gasteiger partial charge is 0.460 e. The van der Waals surface area contributed by atoms with Crippen molar-refractivity contribution in [2.24, 2.45) is 0 Å². The molecule has 152 valence electrons. The number of nitrogens with zero attached hydrogens (tertiary/aromatic N) is 3. The van der Waals surface area contributed by atoms with Gasteiger partial charge in [-0.3, -0.25) is 4.79 Å². The van der Waals surface area contributed by atoms with Crippen LogP contribution in [0.15, 0.2) is 66.0 Å². The van der Waals surface area contributed by atoms with E-state index in [1.54, 1.807) is 28.2 Å². The van der Waals surface area contributed by atoms with Gasteiger partial charge >= 0.3 is 6.01 Å². The molecular weight excluding hydrogens is 403 g/mol. The highest BCUT2D eigenvalue weighted by atomic mass is 32.1. The number of carbonyl (C=O) groups is 1. The number of amides is 1. The van der Waals surface area contributed by atoms with Gasteiger partial charge < -0.3 is 10.1 Å².